The molecule has 4 nitrogen and oxygen atoms in total. The molecule has 0 bridgehead atoms. The van der Waals surface area contributed by atoms with E-state index < -0.39 is 0 Å². The second kappa shape index (κ2) is 5.12. The summed E-state index contributed by atoms with van der Waals surface area (Å²) < 4.78 is 0. The van der Waals surface area contributed by atoms with E-state index in [9.17, 15) is 5.11 Å². The van der Waals surface area contributed by atoms with Gasteiger partial charge in [-0.1, -0.05) is 0 Å². The summed E-state index contributed by atoms with van der Waals surface area (Å²) in [5.74, 6) is 0. The molecule has 90 valence electrons. The lowest BCUT2D eigenvalue weighted by Crippen LogP contribution is -2.31. The van der Waals surface area contributed by atoms with Gasteiger partial charge in [0.05, 0.1) is 6.10 Å². The molecule has 16 heavy (non-hydrogen) atoms. The summed E-state index contributed by atoms with van der Waals surface area (Å²) in [6.45, 7) is 3.91. The maximum atomic E-state index is 9.44. The second-order valence-corrected chi connectivity index (χ2v) is 5.66. The van der Waals surface area contributed by atoms with Crippen LogP contribution in [0.2, 0.25) is 0 Å². The Balaban J connectivity index is 1.93. The fourth-order valence-electron chi connectivity index (χ4n) is 2.36. The van der Waals surface area contributed by atoms with Gasteiger partial charge in [0.1, 0.15) is 0 Å². The summed E-state index contributed by atoms with van der Waals surface area (Å²) in [4.78, 5) is 7.71. The third kappa shape index (κ3) is 2.93. The summed E-state index contributed by atoms with van der Waals surface area (Å²) in [7, 11) is 0. The molecule has 1 aromatic rings. The number of nitrogens with two attached hydrogens (primary N) is 1. The molecule has 0 saturated carbocycles. The smallest absolute Gasteiger partial charge is 0.180 e. The van der Waals surface area contributed by atoms with Crippen molar-refractivity contribution in [2.75, 3.05) is 12.3 Å². The molecular formula is C11H19N3OS. The van der Waals surface area contributed by atoms with E-state index in [1.165, 1.54) is 17.7 Å². The predicted octanol–water partition coefficient (Wildman–Crippen LogP) is 1.46. The van der Waals surface area contributed by atoms with Crippen LogP contribution in [0.1, 0.15) is 31.1 Å². The molecule has 1 fully saturated rings. The first-order valence-corrected chi connectivity index (χ1v) is 6.59. The van der Waals surface area contributed by atoms with Gasteiger partial charge in [-0.25, -0.2) is 4.98 Å². The fraction of sp³-hybridized carbons (Fsp3) is 0.727. The SMILES string of the molecule is CC(O)CC1CCCN1Cc1cnc(N)s1. The molecule has 2 heterocycles. The van der Waals surface area contributed by atoms with Crippen LogP contribution in [0.3, 0.4) is 0 Å². The van der Waals surface area contributed by atoms with Crippen LogP contribution in [-0.4, -0.2) is 33.7 Å². The van der Waals surface area contributed by atoms with Gasteiger partial charge in [-0.05, 0) is 32.7 Å². The number of aromatic nitrogens is 1. The summed E-state index contributed by atoms with van der Waals surface area (Å²) in [5.41, 5.74) is 5.62. The molecular weight excluding hydrogens is 222 g/mol. The van der Waals surface area contributed by atoms with Gasteiger partial charge in [0.2, 0.25) is 0 Å². The van der Waals surface area contributed by atoms with Crippen LogP contribution >= 0.6 is 11.3 Å². The van der Waals surface area contributed by atoms with Gasteiger partial charge in [-0.15, -0.1) is 11.3 Å². The van der Waals surface area contributed by atoms with Crippen LogP contribution in [0.25, 0.3) is 0 Å². The lowest BCUT2D eigenvalue weighted by Gasteiger charge is -2.24. The second-order valence-electron chi connectivity index (χ2n) is 4.52. The van der Waals surface area contributed by atoms with E-state index in [-0.39, 0.29) is 6.10 Å². The molecule has 2 rings (SSSR count). The van der Waals surface area contributed by atoms with Crippen LogP contribution in [0.5, 0.6) is 0 Å². The third-order valence-electron chi connectivity index (χ3n) is 3.04. The van der Waals surface area contributed by atoms with Gasteiger partial charge in [-0.3, -0.25) is 4.90 Å². The Kier molecular flexibility index (Phi) is 3.78. The monoisotopic (exact) mass is 241 g/mol. The molecule has 1 aliphatic heterocycles. The van der Waals surface area contributed by atoms with E-state index in [0.717, 1.165) is 19.5 Å². The van der Waals surface area contributed by atoms with Gasteiger partial charge in [0.15, 0.2) is 5.13 Å². The molecule has 0 spiro atoms. The minimum atomic E-state index is -0.211. The fourth-order valence-corrected chi connectivity index (χ4v) is 3.07. The average molecular weight is 241 g/mol. The third-order valence-corrected chi connectivity index (χ3v) is 3.85. The Morgan fingerprint density at radius 2 is 2.56 bits per heavy atom. The predicted molar refractivity (Wildman–Crippen MR) is 66.3 cm³/mol. The lowest BCUT2D eigenvalue weighted by atomic mass is 10.1. The highest BCUT2D eigenvalue weighted by molar-refractivity contribution is 7.15. The summed E-state index contributed by atoms with van der Waals surface area (Å²) in [6, 6.07) is 0.517. The number of rotatable bonds is 4. The van der Waals surface area contributed by atoms with Gasteiger partial charge >= 0.3 is 0 Å². The molecule has 1 aliphatic rings. The minimum absolute atomic E-state index is 0.211. The Morgan fingerprint density at radius 1 is 1.75 bits per heavy atom. The summed E-state index contributed by atoms with van der Waals surface area (Å²) >= 11 is 1.56. The quantitative estimate of drug-likeness (QED) is 0.838. The van der Waals surface area contributed by atoms with E-state index in [1.807, 2.05) is 13.1 Å². The maximum absolute atomic E-state index is 9.44. The zero-order valence-electron chi connectivity index (χ0n) is 9.59. The lowest BCUT2D eigenvalue weighted by molar-refractivity contribution is 0.131. The molecule has 1 aromatic heterocycles. The minimum Gasteiger partial charge on any atom is -0.393 e. The zero-order chi connectivity index (χ0) is 11.5. The van der Waals surface area contributed by atoms with Crippen molar-refractivity contribution < 1.29 is 5.11 Å². The first-order chi connectivity index (χ1) is 7.65. The number of nitrogens with zero attached hydrogens (tertiary/aromatic N) is 2. The highest BCUT2D eigenvalue weighted by atomic mass is 32.1. The van der Waals surface area contributed by atoms with Crippen molar-refractivity contribution in [1.82, 2.24) is 9.88 Å². The molecule has 1 saturated heterocycles. The number of anilines is 1. The van der Waals surface area contributed by atoms with Gasteiger partial charge in [0.25, 0.3) is 0 Å². The standard InChI is InChI=1S/C11H19N3OS/c1-8(15)5-9-3-2-4-14(9)7-10-6-13-11(12)16-10/h6,8-9,15H,2-5,7H2,1H3,(H2,12,13). The molecule has 0 aliphatic carbocycles. The van der Waals surface area contributed by atoms with Crippen molar-refractivity contribution >= 4 is 16.5 Å². The van der Waals surface area contributed by atoms with Gasteiger partial charge in [0, 0.05) is 23.7 Å². The number of aliphatic hydroxyl groups is 1. The largest absolute Gasteiger partial charge is 0.393 e. The highest BCUT2D eigenvalue weighted by Crippen LogP contribution is 2.25. The van der Waals surface area contributed by atoms with E-state index in [4.69, 9.17) is 5.73 Å². The number of likely N-dealkylation sites (tertiary alicyclic amines) is 1. The molecule has 0 aromatic carbocycles. The Bertz CT molecular complexity index is 340. The van der Waals surface area contributed by atoms with Crippen molar-refractivity contribution in [3.05, 3.63) is 11.1 Å². The topological polar surface area (TPSA) is 62.4 Å². The first kappa shape index (κ1) is 11.8. The molecule has 5 heteroatoms. The molecule has 3 N–H and O–H groups in total. The average Bonchev–Trinajstić information content (AvgIpc) is 2.77. The molecule has 2 unspecified atom stereocenters. The van der Waals surface area contributed by atoms with Gasteiger partial charge < -0.3 is 10.8 Å². The number of hydrogen-bond acceptors (Lipinski definition) is 5. The van der Waals surface area contributed by atoms with Crippen LogP contribution in [-0.2, 0) is 6.54 Å². The highest BCUT2D eigenvalue weighted by Gasteiger charge is 2.25. The number of nitrogen functional groups attached to an aromatic ring is 1. The molecule has 0 amide bonds. The van der Waals surface area contributed by atoms with Crippen molar-refractivity contribution in [3.8, 4) is 0 Å². The van der Waals surface area contributed by atoms with Crippen molar-refractivity contribution in [1.29, 1.82) is 0 Å². The molecule has 2 atom stereocenters. The van der Waals surface area contributed by atoms with Crippen LogP contribution in [0.4, 0.5) is 5.13 Å². The number of aliphatic hydroxyl groups excluding tert-OH is 1. The van der Waals surface area contributed by atoms with E-state index >= 15 is 0 Å². The van der Waals surface area contributed by atoms with E-state index in [1.54, 1.807) is 11.3 Å². The normalized spacial score (nSPS) is 23.8. The molecule has 0 radical (unpaired) electrons. The maximum Gasteiger partial charge on any atom is 0.180 e. The Morgan fingerprint density at radius 3 is 3.19 bits per heavy atom. The van der Waals surface area contributed by atoms with Crippen LogP contribution < -0.4 is 5.73 Å². The number of hydrogen-bond donors (Lipinski definition) is 2. The van der Waals surface area contributed by atoms with Crippen LogP contribution in [0.15, 0.2) is 6.20 Å². The van der Waals surface area contributed by atoms with Crippen molar-refractivity contribution in [3.63, 3.8) is 0 Å². The number of thiazole rings is 1. The van der Waals surface area contributed by atoms with E-state index in [0.29, 0.717) is 11.2 Å². The van der Waals surface area contributed by atoms with Crippen LogP contribution in [0, 0.1) is 0 Å². The Labute approximate surface area is 100 Å². The Hall–Kier alpha value is -0.650. The first-order valence-electron chi connectivity index (χ1n) is 5.77. The summed E-state index contributed by atoms with van der Waals surface area (Å²) in [6.07, 6.45) is 4.94. The van der Waals surface area contributed by atoms with Crippen molar-refractivity contribution in [2.45, 2.75) is 44.9 Å². The summed E-state index contributed by atoms with van der Waals surface area (Å²) in [5, 5.41) is 10.1. The zero-order valence-corrected chi connectivity index (χ0v) is 10.4. The van der Waals surface area contributed by atoms with E-state index in [2.05, 4.69) is 9.88 Å². The van der Waals surface area contributed by atoms with Crippen molar-refractivity contribution in [2.24, 2.45) is 0 Å². The van der Waals surface area contributed by atoms with Gasteiger partial charge in [-0.2, -0.15) is 0 Å².